The highest BCUT2D eigenvalue weighted by molar-refractivity contribution is 7.46. The monoisotopic (exact) mass is 231 g/mol. The average Bonchev–Trinajstić information content (AvgIpc) is 2.20. The Balaban J connectivity index is 0.000000280. The average molecular weight is 231 g/mol. The van der Waals surface area contributed by atoms with E-state index in [4.69, 9.17) is 15.0 Å². The van der Waals surface area contributed by atoms with E-state index < -0.39 is 7.82 Å². The van der Waals surface area contributed by atoms with Crippen molar-refractivity contribution in [3.8, 4) is 6.07 Å². The summed E-state index contributed by atoms with van der Waals surface area (Å²) in [5.41, 5.74) is 0. The molecule has 0 aliphatic carbocycles. The molecule has 0 atom stereocenters. The first-order valence-corrected chi connectivity index (χ1v) is 5.57. The fraction of sp³-hybridized carbons (Fsp3) is 0.250. The summed E-state index contributed by atoms with van der Waals surface area (Å²) in [4.78, 5) is 18.9. The molecule has 1 heterocycles. The molecule has 6 nitrogen and oxygen atoms in total. The molecule has 1 aromatic heterocycles. The second-order valence-electron chi connectivity index (χ2n) is 2.31. The van der Waals surface area contributed by atoms with E-state index in [9.17, 15) is 4.57 Å². The van der Waals surface area contributed by atoms with Gasteiger partial charge in [0.25, 0.3) is 0 Å². The molecule has 7 heteroatoms. The highest BCUT2D eigenvalue weighted by atomic mass is 31.2. The topological polar surface area (TPSA) is 105 Å². The second-order valence-corrected chi connectivity index (χ2v) is 3.55. The van der Waals surface area contributed by atoms with Gasteiger partial charge in [-0.2, -0.15) is 5.26 Å². The smallest absolute Gasteiger partial charge is 0.303 e. The zero-order valence-electron chi connectivity index (χ0n) is 7.91. The molecule has 0 amide bonds. The summed E-state index contributed by atoms with van der Waals surface area (Å²) in [6.07, 6.45) is 3.74. The highest BCUT2D eigenvalue weighted by Gasteiger charge is 2.11. The Morgan fingerprint density at radius 3 is 2.20 bits per heavy atom. The van der Waals surface area contributed by atoms with E-state index >= 15 is 0 Å². The molecule has 0 aliphatic heterocycles. The molecule has 1 rings (SSSR count). The first kappa shape index (κ1) is 13.8. The second kappa shape index (κ2) is 8.09. The number of rotatable bonds is 3. The lowest BCUT2D eigenvalue weighted by Crippen LogP contribution is -1.93. The summed E-state index contributed by atoms with van der Waals surface area (Å²) in [5, 5.41) is 7.88. The molecule has 0 saturated carbocycles. The zero-order valence-corrected chi connectivity index (χ0v) is 8.80. The van der Waals surface area contributed by atoms with Gasteiger partial charge in [0.1, 0.15) is 0 Å². The molecule has 0 aliphatic rings. The fourth-order valence-corrected chi connectivity index (χ4v) is 0.881. The number of nitrogens with zero attached hydrogens (tertiary/aromatic N) is 1. The van der Waals surface area contributed by atoms with Crippen molar-refractivity contribution < 1.29 is 23.9 Å². The SMILES string of the molecule is N#CCCOP(=O)(O)O.c1cc[nH+]cc1. The van der Waals surface area contributed by atoms with Gasteiger partial charge in [-0.3, -0.25) is 4.52 Å². The van der Waals surface area contributed by atoms with Crippen LogP contribution in [0.3, 0.4) is 0 Å². The lowest BCUT2D eigenvalue weighted by Gasteiger charge is -1.99. The van der Waals surface area contributed by atoms with Crippen LogP contribution in [0.25, 0.3) is 0 Å². The zero-order chi connectivity index (χ0) is 11.6. The molecule has 0 fully saturated rings. The first-order valence-electron chi connectivity index (χ1n) is 4.04. The molecule has 1 aromatic rings. The summed E-state index contributed by atoms with van der Waals surface area (Å²) in [6, 6.07) is 7.53. The highest BCUT2D eigenvalue weighted by Crippen LogP contribution is 2.35. The quantitative estimate of drug-likeness (QED) is 0.582. The van der Waals surface area contributed by atoms with Gasteiger partial charge in [-0.05, 0) is 0 Å². The summed E-state index contributed by atoms with van der Waals surface area (Å²) in [7, 11) is -4.35. The number of hydrogen-bond acceptors (Lipinski definition) is 3. The predicted octanol–water partition coefficient (Wildman–Crippen LogP) is 0.510. The molecule has 0 radical (unpaired) electrons. The number of phosphoric ester groups is 1. The van der Waals surface area contributed by atoms with Crippen LogP contribution >= 0.6 is 7.82 Å². The third-order valence-electron chi connectivity index (χ3n) is 1.08. The molecule has 0 unspecified atom stereocenters. The van der Waals surface area contributed by atoms with Crippen LogP contribution in [-0.2, 0) is 9.09 Å². The predicted molar refractivity (Wildman–Crippen MR) is 51.2 cm³/mol. The molecule has 0 saturated heterocycles. The normalized spacial score (nSPS) is 9.67. The van der Waals surface area contributed by atoms with Gasteiger partial charge in [0.05, 0.1) is 19.1 Å². The van der Waals surface area contributed by atoms with Crippen LogP contribution in [0.5, 0.6) is 0 Å². The Morgan fingerprint density at radius 2 is 1.93 bits per heavy atom. The Hall–Kier alpha value is -1.25. The molecule has 15 heavy (non-hydrogen) atoms. The van der Waals surface area contributed by atoms with Crippen molar-refractivity contribution in [1.29, 1.82) is 5.26 Å². The first-order chi connectivity index (χ1) is 7.06. The molecule has 0 spiro atoms. The maximum absolute atomic E-state index is 9.87. The maximum atomic E-state index is 9.87. The molecule has 0 aromatic carbocycles. The number of phosphoric acid groups is 1. The summed E-state index contributed by atoms with van der Waals surface area (Å²) in [6.45, 7) is -0.221. The number of pyridine rings is 1. The van der Waals surface area contributed by atoms with Crippen molar-refractivity contribution >= 4 is 7.82 Å². The number of hydrogen-bond donors (Lipinski definition) is 2. The van der Waals surface area contributed by atoms with Gasteiger partial charge >= 0.3 is 7.82 Å². The number of nitriles is 1. The van der Waals surface area contributed by atoms with Gasteiger partial charge < -0.3 is 9.79 Å². The maximum Gasteiger partial charge on any atom is 0.469 e. The van der Waals surface area contributed by atoms with Gasteiger partial charge in [-0.25, -0.2) is 9.55 Å². The van der Waals surface area contributed by atoms with Crippen molar-refractivity contribution in [3.05, 3.63) is 30.6 Å². The van der Waals surface area contributed by atoms with Crippen LogP contribution in [0, 0.1) is 11.3 Å². The lowest BCUT2D eigenvalue weighted by atomic mass is 10.5. The van der Waals surface area contributed by atoms with Gasteiger partial charge in [0.2, 0.25) is 0 Å². The Morgan fingerprint density at radius 1 is 1.33 bits per heavy atom. The van der Waals surface area contributed by atoms with Crippen LogP contribution in [0.4, 0.5) is 0 Å². The standard InChI is InChI=1S/C5H5N.C3H6NO4P/c1-2-4-6-5-3-1;4-2-1-3-8-9(5,6)7/h1-5H;1,3H2,(H2,5,6,7)/p+1. The van der Waals surface area contributed by atoms with Crippen molar-refractivity contribution in [2.24, 2.45) is 0 Å². The minimum Gasteiger partial charge on any atom is -0.303 e. The van der Waals surface area contributed by atoms with Gasteiger partial charge in [-0.15, -0.1) is 0 Å². The van der Waals surface area contributed by atoms with E-state index in [0.717, 1.165) is 0 Å². The van der Waals surface area contributed by atoms with Gasteiger partial charge in [0, 0.05) is 12.1 Å². The van der Waals surface area contributed by atoms with Crippen LogP contribution < -0.4 is 4.98 Å². The number of nitrogens with one attached hydrogen (secondary N) is 1. The van der Waals surface area contributed by atoms with E-state index in [0.29, 0.717) is 0 Å². The van der Waals surface area contributed by atoms with E-state index in [1.54, 1.807) is 6.07 Å². The lowest BCUT2D eigenvalue weighted by molar-refractivity contribution is -0.377. The van der Waals surface area contributed by atoms with E-state index in [2.05, 4.69) is 9.51 Å². The minimum atomic E-state index is -4.35. The van der Waals surface area contributed by atoms with Gasteiger partial charge in [-0.1, -0.05) is 6.07 Å². The molecule has 0 bridgehead atoms. The van der Waals surface area contributed by atoms with Crippen LogP contribution in [0.2, 0.25) is 0 Å². The number of H-pyrrole nitrogens is 1. The Kier molecular flexibility index (Phi) is 7.42. The van der Waals surface area contributed by atoms with Crippen LogP contribution in [0.15, 0.2) is 30.6 Å². The van der Waals surface area contributed by atoms with E-state index in [1.807, 2.05) is 30.6 Å². The van der Waals surface area contributed by atoms with E-state index in [-0.39, 0.29) is 13.0 Å². The molecular weight excluding hydrogens is 219 g/mol. The Bertz CT molecular complexity index is 306. The minimum absolute atomic E-state index is 0.00882. The molecule has 82 valence electrons. The number of aromatic nitrogens is 1. The largest absolute Gasteiger partial charge is 0.469 e. The molecular formula is C8H12N2O4P+. The van der Waals surface area contributed by atoms with Crippen molar-refractivity contribution in [3.63, 3.8) is 0 Å². The fourth-order valence-electron chi connectivity index (χ4n) is 0.552. The third kappa shape index (κ3) is 12.8. The van der Waals surface area contributed by atoms with Crippen molar-refractivity contribution in [2.45, 2.75) is 6.42 Å². The van der Waals surface area contributed by atoms with Crippen molar-refractivity contribution in [1.82, 2.24) is 0 Å². The van der Waals surface area contributed by atoms with Gasteiger partial charge in [0.15, 0.2) is 12.4 Å². The molecule has 3 N–H and O–H groups in total. The summed E-state index contributed by atoms with van der Waals surface area (Å²) in [5.74, 6) is 0. The van der Waals surface area contributed by atoms with Crippen LogP contribution in [0.1, 0.15) is 6.42 Å². The van der Waals surface area contributed by atoms with Crippen molar-refractivity contribution in [2.75, 3.05) is 6.61 Å². The Labute approximate surface area is 87.4 Å². The number of aromatic amines is 1. The third-order valence-corrected chi connectivity index (χ3v) is 1.60. The summed E-state index contributed by atoms with van der Waals surface area (Å²) < 4.78 is 13.8. The summed E-state index contributed by atoms with van der Waals surface area (Å²) >= 11 is 0. The van der Waals surface area contributed by atoms with E-state index in [1.165, 1.54) is 0 Å². The van der Waals surface area contributed by atoms with Crippen LogP contribution in [-0.4, -0.2) is 16.4 Å².